The molecular weight excluding hydrogens is 412 g/mol. The predicted octanol–water partition coefficient (Wildman–Crippen LogP) is 1.66. The number of oxazole rings is 1. The largest absolute Gasteiger partial charge is 0.487 e. The monoisotopic (exact) mass is 436 g/mol. The molecule has 2 aliphatic rings. The van der Waals surface area contributed by atoms with E-state index in [1.54, 1.807) is 53.7 Å². The molecule has 0 saturated carbocycles. The lowest BCUT2D eigenvalue weighted by Gasteiger charge is -2.27. The van der Waals surface area contributed by atoms with Crippen molar-refractivity contribution >= 4 is 22.9 Å². The van der Waals surface area contributed by atoms with Crippen molar-refractivity contribution in [2.45, 2.75) is 38.0 Å². The number of pyridine rings is 1. The molecule has 0 spiro atoms. The highest BCUT2D eigenvalue weighted by Gasteiger charge is 2.43. The minimum Gasteiger partial charge on any atom is -0.487 e. The van der Waals surface area contributed by atoms with E-state index in [1.807, 2.05) is 4.90 Å². The second kappa shape index (κ2) is 8.49. The van der Waals surface area contributed by atoms with Crippen molar-refractivity contribution in [3.05, 3.63) is 59.3 Å². The van der Waals surface area contributed by atoms with E-state index in [4.69, 9.17) is 9.15 Å². The van der Waals surface area contributed by atoms with Gasteiger partial charge in [0.1, 0.15) is 24.4 Å². The zero-order chi connectivity index (χ0) is 22.1. The van der Waals surface area contributed by atoms with Gasteiger partial charge in [-0.25, -0.2) is 4.79 Å². The molecule has 0 radical (unpaired) electrons. The summed E-state index contributed by atoms with van der Waals surface area (Å²) in [6.45, 7) is 1.48. The van der Waals surface area contributed by atoms with E-state index in [1.165, 1.54) is 4.57 Å². The van der Waals surface area contributed by atoms with E-state index in [2.05, 4.69) is 4.98 Å². The Morgan fingerprint density at radius 2 is 1.94 bits per heavy atom. The second-order valence-electron chi connectivity index (χ2n) is 8.18. The van der Waals surface area contributed by atoms with Crippen LogP contribution in [0.5, 0.6) is 5.75 Å². The normalized spacial score (nSPS) is 20.8. The summed E-state index contributed by atoms with van der Waals surface area (Å²) < 4.78 is 12.6. The number of nitrogens with zero attached hydrogens (tertiary/aromatic N) is 4. The van der Waals surface area contributed by atoms with Gasteiger partial charge in [-0.1, -0.05) is 12.1 Å². The topological polar surface area (TPSA) is 97.9 Å². The number of carbonyl (C=O) groups is 2. The number of fused-ring (bicyclic) bond motifs is 1. The van der Waals surface area contributed by atoms with Crippen LogP contribution < -0.4 is 10.5 Å². The molecule has 0 unspecified atom stereocenters. The number of aromatic nitrogens is 2. The molecule has 2 amide bonds. The Bertz CT molecular complexity index is 1180. The summed E-state index contributed by atoms with van der Waals surface area (Å²) in [6, 6.07) is 9.93. The van der Waals surface area contributed by atoms with Gasteiger partial charge in [-0.2, -0.15) is 0 Å². The van der Waals surface area contributed by atoms with Crippen LogP contribution in [0.2, 0.25) is 0 Å². The van der Waals surface area contributed by atoms with Gasteiger partial charge >= 0.3 is 5.76 Å². The molecule has 2 fully saturated rings. The fourth-order valence-electron chi connectivity index (χ4n) is 4.54. The second-order valence-corrected chi connectivity index (χ2v) is 8.18. The van der Waals surface area contributed by atoms with Crippen LogP contribution in [-0.2, 0) is 16.1 Å². The third-order valence-electron chi connectivity index (χ3n) is 6.09. The number of hydrogen-bond acceptors (Lipinski definition) is 6. The first kappa shape index (κ1) is 20.3. The van der Waals surface area contributed by atoms with Gasteiger partial charge in [0.25, 0.3) is 0 Å². The van der Waals surface area contributed by atoms with E-state index in [9.17, 15) is 14.4 Å². The average Bonchev–Trinajstić information content (AvgIpc) is 3.54. The predicted molar refractivity (Wildman–Crippen MR) is 115 cm³/mol. The van der Waals surface area contributed by atoms with Crippen LogP contribution in [0, 0.1) is 0 Å². The maximum absolute atomic E-state index is 13.3. The molecule has 32 heavy (non-hydrogen) atoms. The molecule has 0 bridgehead atoms. The molecule has 9 heteroatoms. The number of carbonyl (C=O) groups excluding carboxylic acids is 2. The number of para-hydroxylation sites is 2. The third-order valence-corrected chi connectivity index (χ3v) is 6.09. The minimum atomic E-state index is -0.615. The van der Waals surface area contributed by atoms with Crippen LogP contribution in [0.4, 0.5) is 0 Å². The Kier molecular flexibility index (Phi) is 5.38. The number of amides is 2. The van der Waals surface area contributed by atoms with E-state index < -0.39 is 11.8 Å². The molecule has 5 rings (SSSR count). The van der Waals surface area contributed by atoms with Crippen LogP contribution in [0.25, 0.3) is 11.1 Å². The molecule has 2 saturated heterocycles. The van der Waals surface area contributed by atoms with Gasteiger partial charge < -0.3 is 19.0 Å². The van der Waals surface area contributed by atoms with Crippen molar-refractivity contribution < 1.29 is 18.7 Å². The van der Waals surface area contributed by atoms with Gasteiger partial charge in [0, 0.05) is 25.7 Å². The van der Waals surface area contributed by atoms with Crippen LogP contribution >= 0.6 is 0 Å². The van der Waals surface area contributed by atoms with E-state index in [0.29, 0.717) is 36.4 Å². The first-order valence-electron chi connectivity index (χ1n) is 10.8. The number of benzene rings is 1. The molecule has 4 heterocycles. The molecule has 0 N–H and O–H groups in total. The molecule has 2 aromatic heterocycles. The quantitative estimate of drug-likeness (QED) is 0.603. The smallest absolute Gasteiger partial charge is 0.420 e. The van der Waals surface area contributed by atoms with Crippen LogP contribution in [0.15, 0.2) is 58.0 Å². The molecule has 9 nitrogen and oxygen atoms in total. The standard InChI is InChI=1S/C23H24N4O5/c28-21(15-27-18-7-1-2-8-20(18)32-23(27)30)26-14-17(31-16-6-5-9-24-13-16)12-19(26)22(29)25-10-3-4-11-25/h1-2,5-9,13,17,19H,3-4,10-12,14-15H2/t17-,19-/m0/s1. The zero-order valence-corrected chi connectivity index (χ0v) is 17.6. The van der Waals surface area contributed by atoms with Gasteiger partial charge in [-0.05, 0) is 37.1 Å². The maximum Gasteiger partial charge on any atom is 0.420 e. The lowest BCUT2D eigenvalue weighted by molar-refractivity contribution is -0.143. The number of rotatable bonds is 5. The lowest BCUT2D eigenvalue weighted by Crippen LogP contribution is -2.48. The van der Waals surface area contributed by atoms with Crippen LogP contribution in [0.3, 0.4) is 0 Å². The molecule has 166 valence electrons. The summed E-state index contributed by atoms with van der Waals surface area (Å²) in [6.07, 6.45) is 5.27. The molecule has 2 aliphatic heterocycles. The molecular formula is C23H24N4O5. The minimum absolute atomic E-state index is 0.0578. The summed E-state index contributed by atoms with van der Waals surface area (Å²) in [5, 5.41) is 0. The Hall–Kier alpha value is -3.62. The van der Waals surface area contributed by atoms with Crippen molar-refractivity contribution in [1.82, 2.24) is 19.4 Å². The van der Waals surface area contributed by atoms with Crippen LogP contribution in [-0.4, -0.2) is 62.9 Å². The van der Waals surface area contributed by atoms with Crippen molar-refractivity contribution in [1.29, 1.82) is 0 Å². The zero-order valence-electron chi connectivity index (χ0n) is 17.6. The molecule has 0 aliphatic carbocycles. The summed E-state index contributed by atoms with van der Waals surface area (Å²) in [7, 11) is 0. The fraction of sp³-hybridized carbons (Fsp3) is 0.391. The highest BCUT2D eigenvalue weighted by atomic mass is 16.5. The third kappa shape index (κ3) is 3.86. The van der Waals surface area contributed by atoms with E-state index in [0.717, 1.165) is 12.8 Å². The molecule has 2 atom stereocenters. The fourth-order valence-corrected chi connectivity index (χ4v) is 4.54. The lowest BCUT2D eigenvalue weighted by atomic mass is 10.1. The Balaban J connectivity index is 1.39. The first-order chi connectivity index (χ1) is 15.6. The van der Waals surface area contributed by atoms with Crippen molar-refractivity contribution in [3.63, 3.8) is 0 Å². The SMILES string of the molecule is O=C([C@@H]1C[C@H](Oc2cccnc2)CN1C(=O)Cn1c(=O)oc2ccccc21)N1CCCC1. The highest BCUT2D eigenvalue weighted by molar-refractivity contribution is 5.89. The summed E-state index contributed by atoms with van der Waals surface area (Å²) >= 11 is 0. The van der Waals surface area contributed by atoms with Gasteiger partial charge in [0.15, 0.2) is 5.58 Å². The van der Waals surface area contributed by atoms with Gasteiger partial charge in [-0.15, -0.1) is 0 Å². The Morgan fingerprint density at radius 1 is 1.12 bits per heavy atom. The van der Waals surface area contributed by atoms with Crippen LogP contribution in [0.1, 0.15) is 19.3 Å². The number of likely N-dealkylation sites (tertiary alicyclic amines) is 2. The summed E-state index contributed by atoms with van der Waals surface area (Å²) in [5.74, 6) is -0.369. The summed E-state index contributed by atoms with van der Waals surface area (Å²) in [4.78, 5) is 46.3. The van der Waals surface area contributed by atoms with Gasteiger partial charge in [0.05, 0.1) is 18.3 Å². The van der Waals surface area contributed by atoms with Crippen molar-refractivity contribution in [2.75, 3.05) is 19.6 Å². The highest BCUT2D eigenvalue weighted by Crippen LogP contribution is 2.26. The Labute approximate surface area is 184 Å². The van der Waals surface area contributed by atoms with Crippen molar-refractivity contribution in [3.8, 4) is 5.75 Å². The molecule has 3 aromatic rings. The van der Waals surface area contributed by atoms with Gasteiger partial charge in [0.2, 0.25) is 11.8 Å². The molecule has 1 aromatic carbocycles. The summed E-state index contributed by atoms with van der Waals surface area (Å²) in [5.41, 5.74) is 0.977. The average molecular weight is 436 g/mol. The maximum atomic E-state index is 13.3. The first-order valence-corrected chi connectivity index (χ1v) is 10.8. The number of hydrogen-bond donors (Lipinski definition) is 0. The number of ether oxygens (including phenoxy) is 1. The van der Waals surface area contributed by atoms with E-state index >= 15 is 0 Å². The van der Waals surface area contributed by atoms with Crippen molar-refractivity contribution in [2.24, 2.45) is 0 Å². The van der Waals surface area contributed by atoms with Gasteiger partial charge in [-0.3, -0.25) is 19.1 Å². The van der Waals surface area contributed by atoms with E-state index in [-0.39, 0.29) is 31.0 Å². The Morgan fingerprint density at radius 3 is 2.72 bits per heavy atom.